The summed E-state index contributed by atoms with van der Waals surface area (Å²) in [7, 11) is 0. The Hall–Kier alpha value is -0.560. The zero-order valence-corrected chi connectivity index (χ0v) is 6.22. The fraction of sp³-hybridized carbons (Fsp3) is 0.714. The fourth-order valence-electron chi connectivity index (χ4n) is 0.443. The number of ether oxygens (including phenoxy) is 1. The van der Waals surface area contributed by atoms with Gasteiger partial charge in [-0.3, -0.25) is 0 Å². The van der Waals surface area contributed by atoms with Crippen LogP contribution in [0.25, 0.3) is 0 Å². The average Bonchev–Trinajstić information content (AvgIpc) is 1.84. The second kappa shape index (κ2) is 4.29. The van der Waals surface area contributed by atoms with E-state index in [1.54, 1.807) is 0 Å². The van der Waals surface area contributed by atoms with E-state index in [4.69, 9.17) is 10.2 Å². The SMILES string of the molecule is CC#CC(O)(O)OCCC. The van der Waals surface area contributed by atoms with Gasteiger partial charge in [-0.2, -0.15) is 0 Å². The van der Waals surface area contributed by atoms with Gasteiger partial charge in [-0.15, -0.1) is 0 Å². The molecule has 0 aromatic heterocycles. The van der Waals surface area contributed by atoms with Crippen LogP contribution >= 0.6 is 0 Å². The van der Waals surface area contributed by atoms with Crippen molar-refractivity contribution in [2.24, 2.45) is 0 Å². The summed E-state index contributed by atoms with van der Waals surface area (Å²) >= 11 is 0. The third kappa shape index (κ3) is 4.33. The summed E-state index contributed by atoms with van der Waals surface area (Å²) < 4.78 is 4.56. The first-order valence-electron chi connectivity index (χ1n) is 3.15. The molecule has 0 rings (SSSR count). The van der Waals surface area contributed by atoms with Crippen LogP contribution in [0.5, 0.6) is 0 Å². The van der Waals surface area contributed by atoms with Gasteiger partial charge in [-0.05, 0) is 19.3 Å². The molecule has 0 saturated heterocycles. The van der Waals surface area contributed by atoms with E-state index < -0.39 is 5.97 Å². The predicted octanol–water partition coefficient (Wildman–Crippen LogP) is 0.0747. The Morgan fingerprint density at radius 1 is 1.50 bits per heavy atom. The zero-order chi connectivity index (χ0) is 8.04. The van der Waals surface area contributed by atoms with Crippen molar-refractivity contribution in [2.75, 3.05) is 6.61 Å². The van der Waals surface area contributed by atoms with E-state index in [9.17, 15) is 0 Å². The summed E-state index contributed by atoms with van der Waals surface area (Å²) in [5, 5.41) is 17.6. The maximum atomic E-state index is 8.81. The van der Waals surface area contributed by atoms with Crippen LogP contribution in [0.1, 0.15) is 20.3 Å². The molecule has 3 nitrogen and oxygen atoms in total. The maximum absolute atomic E-state index is 8.81. The predicted molar refractivity (Wildman–Crippen MR) is 36.9 cm³/mol. The van der Waals surface area contributed by atoms with Gasteiger partial charge in [0, 0.05) is 0 Å². The average molecular weight is 144 g/mol. The second-order valence-corrected chi connectivity index (χ2v) is 1.83. The summed E-state index contributed by atoms with van der Waals surface area (Å²) in [5.41, 5.74) is 0. The quantitative estimate of drug-likeness (QED) is 0.435. The molecule has 0 atom stereocenters. The molecule has 0 unspecified atom stereocenters. The normalized spacial score (nSPS) is 10.4. The Morgan fingerprint density at radius 2 is 2.10 bits per heavy atom. The molecule has 0 spiro atoms. The minimum atomic E-state index is -2.26. The largest absolute Gasteiger partial charge is 0.348 e. The monoisotopic (exact) mass is 144 g/mol. The van der Waals surface area contributed by atoms with Crippen LogP contribution < -0.4 is 0 Å². The first kappa shape index (κ1) is 9.44. The lowest BCUT2D eigenvalue weighted by Gasteiger charge is -2.13. The van der Waals surface area contributed by atoms with Gasteiger partial charge in [-0.25, -0.2) is 0 Å². The van der Waals surface area contributed by atoms with Crippen LogP contribution in [0.4, 0.5) is 0 Å². The number of hydrogen-bond donors (Lipinski definition) is 2. The molecule has 0 bridgehead atoms. The van der Waals surface area contributed by atoms with Crippen molar-refractivity contribution >= 4 is 0 Å². The van der Waals surface area contributed by atoms with Gasteiger partial charge in [-0.1, -0.05) is 12.8 Å². The summed E-state index contributed by atoms with van der Waals surface area (Å²) in [4.78, 5) is 0. The van der Waals surface area contributed by atoms with Gasteiger partial charge in [0.1, 0.15) is 0 Å². The summed E-state index contributed by atoms with van der Waals surface area (Å²) in [5.74, 6) is 2.18. The van der Waals surface area contributed by atoms with E-state index in [0.717, 1.165) is 6.42 Å². The standard InChI is InChI=1S/C7H12O3/c1-3-5-7(8,9)10-6-4-2/h8-9H,4,6H2,1-2H3. The smallest absolute Gasteiger partial charge is 0.333 e. The van der Waals surface area contributed by atoms with Crippen LogP contribution in [0, 0.1) is 11.8 Å². The molecule has 0 aromatic carbocycles. The van der Waals surface area contributed by atoms with Crippen LogP contribution in [-0.2, 0) is 4.74 Å². The molecule has 58 valence electrons. The van der Waals surface area contributed by atoms with Gasteiger partial charge >= 0.3 is 5.97 Å². The topological polar surface area (TPSA) is 49.7 Å². The molecule has 0 aliphatic heterocycles. The van der Waals surface area contributed by atoms with Gasteiger partial charge in [0.05, 0.1) is 6.61 Å². The molecule has 0 aromatic rings. The number of hydrogen-bond acceptors (Lipinski definition) is 3. The molecule has 0 fully saturated rings. The van der Waals surface area contributed by atoms with E-state index in [-0.39, 0.29) is 0 Å². The Morgan fingerprint density at radius 3 is 2.50 bits per heavy atom. The summed E-state index contributed by atoms with van der Waals surface area (Å²) in [6, 6.07) is 0. The molecule has 0 heterocycles. The highest BCUT2D eigenvalue weighted by Gasteiger charge is 2.18. The Labute approximate surface area is 60.6 Å². The van der Waals surface area contributed by atoms with Crippen molar-refractivity contribution in [3.8, 4) is 11.8 Å². The molecule has 0 aliphatic carbocycles. The van der Waals surface area contributed by atoms with Crippen molar-refractivity contribution in [3.63, 3.8) is 0 Å². The molecule has 0 aliphatic rings. The van der Waals surface area contributed by atoms with E-state index in [2.05, 4.69) is 16.6 Å². The lowest BCUT2D eigenvalue weighted by Crippen LogP contribution is -2.30. The van der Waals surface area contributed by atoms with Crippen LogP contribution in [0.3, 0.4) is 0 Å². The third-order valence-electron chi connectivity index (χ3n) is 0.795. The lowest BCUT2D eigenvalue weighted by molar-refractivity contribution is -0.295. The van der Waals surface area contributed by atoms with Crippen LogP contribution in [0.15, 0.2) is 0 Å². The number of aliphatic hydroxyl groups is 2. The van der Waals surface area contributed by atoms with E-state index in [0.29, 0.717) is 6.61 Å². The van der Waals surface area contributed by atoms with Crippen molar-refractivity contribution in [2.45, 2.75) is 26.2 Å². The summed E-state index contributed by atoms with van der Waals surface area (Å²) in [6.45, 7) is 3.67. The van der Waals surface area contributed by atoms with Gasteiger partial charge < -0.3 is 14.9 Å². The zero-order valence-electron chi connectivity index (χ0n) is 6.22. The summed E-state index contributed by atoms with van der Waals surface area (Å²) in [6.07, 6.45) is 0.730. The Balaban J connectivity index is 3.71. The molecule has 10 heavy (non-hydrogen) atoms. The molecule has 3 heteroatoms. The van der Waals surface area contributed by atoms with Gasteiger partial charge in [0.2, 0.25) is 0 Å². The lowest BCUT2D eigenvalue weighted by atomic mass is 10.5. The Kier molecular flexibility index (Phi) is 4.05. The molecule has 0 radical (unpaired) electrons. The van der Waals surface area contributed by atoms with Crippen molar-refractivity contribution in [3.05, 3.63) is 0 Å². The first-order chi connectivity index (χ1) is 4.62. The van der Waals surface area contributed by atoms with Gasteiger partial charge in [0.15, 0.2) is 0 Å². The van der Waals surface area contributed by atoms with Gasteiger partial charge in [0.25, 0.3) is 0 Å². The molecule has 0 amide bonds. The maximum Gasteiger partial charge on any atom is 0.348 e. The highest BCUT2D eigenvalue weighted by atomic mass is 16.8. The van der Waals surface area contributed by atoms with Crippen LogP contribution in [-0.4, -0.2) is 22.8 Å². The minimum absolute atomic E-state index is 0.293. The Bertz CT molecular complexity index is 141. The third-order valence-corrected chi connectivity index (χ3v) is 0.795. The highest BCUT2D eigenvalue weighted by molar-refractivity contribution is 5.01. The van der Waals surface area contributed by atoms with Crippen molar-refractivity contribution < 1.29 is 14.9 Å². The molecule has 0 saturated carbocycles. The highest BCUT2D eigenvalue weighted by Crippen LogP contribution is 1.99. The molecule has 2 N–H and O–H groups in total. The first-order valence-corrected chi connectivity index (χ1v) is 3.15. The molecular formula is C7H12O3. The fourth-order valence-corrected chi connectivity index (χ4v) is 0.443. The molecular weight excluding hydrogens is 132 g/mol. The number of rotatable bonds is 3. The van der Waals surface area contributed by atoms with E-state index in [1.165, 1.54) is 6.92 Å². The van der Waals surface area contributed by atoms with Crippen molar-refractivity contribution in [1.29, 1.82) is 0 Å². The minimum Gasteiger partial charge on any atom is -0.333 e. The second-order valence-electron chi connectivity index (χ2n) is 1.83. The van der Waals surface area contributed by atoms with Crippen LogP contribution in [0.2, 0.25) is 0 Å². The van der Waals surface area contributed by atoms with E-state index in [1.807, 2.05) is 6.92 Å². The van der Waals surface area contributed by atoms with Crippen molar-refractivity contribution in [1.82, 2.24) is 0 Å². The van der Waals surface area contributed by atoms with E-state index >= 15 is 0 Å².